The smallest absolute Gasteiger partial charge is 0.0348 e. The van der Waals surface area contributed by atoms with Crippen molar-refractivity contribution in [2.75, 3.05) is 19.0 Å². The van der Waals surface area contributed by atoms with Crippen LogP contribution in [0, 0.1) is 5.92 Å². The van der Waals surface area contributed by atoms with Crippen LogP contribution in [0.3, 0.4) is 0 Å². The van der Waals surface area contributed by atoms with Gasteiger partial charge in [-0.25, -0.2) is 0 Å². The average Bonchev–Trinajstić information content (AvgIpc) is 2.50. The zero-order valence-corrected chi connectivity index (χ0v) is 7.87. The molecule has 1 N–H and O–H groups in total. The second-order valence-corrected chi connectivity index (χ2v) is 3.76. The molecule has 1 aliphatic carbocycles. The first-order valence-corrected chi connectivity index (χ1v) is 5.23. The lowest BCUT2D eigenvalue weighted by Crippen LogP contribution is -2.19. The molecule has 0 amide bonds. The van der Waals surface area contributed by atoms with E-state index in [2.05, 4.69) is 5.32 Å². The molecule has 0 aromatic rings. The minimum Gasteiger partial charge on any atom is -0.316 e. The summed E-state index contributed by atoms with van der Waals surface area (Å²) >= 11 is 5.53. The van der Waals surface area contributed by atoms with Gasteiger partial charge < -0.3 is 5.32 Å². The highest BCUT2D eigenvalue weighted by Crippen LogP contribution is 2.26. The van der Waals surface area contributed by atoms with Gasteiger partial charge in [-0.2, -0.15) is 0 Å². The van der Waals surface area contributed by atoms with E-state index >= 15 is 0 Å². The highest BCUT2D eigenvalue weighted by Gasteiger charge is 2.13. The summed E-state index contributed by atoms with van der Waals surface area (Å²) in [5.74, 6) is 1.75. The predicted molar refractivity (Wildman–Crippen MR) is 50.2 cm³/mol. The lowest BCUT2D eigenvalue weighted by molar-refractivity contribution is 0.483. The fourth-order valence-corrected chi connectivity index (χ4v) is 1.93. The quantitative estimate of drug-likeness (QED) is 0.500. The molecular formula is C9H18ClN. The van der Waals surface area contributed by atoms with E-state index in [-0.39, 0.29) is 0 Å². The number of alkyl halides is 1. The van der Waals surface area contributed by atoms with Crippen molar-refractivity contribution in [2.24, 2.45) is 5.92 Å². The maximum absolute atomic E-state index is 5.53. The van der Waals surface area contributed by atoms with Gasteiger partial charge in [0.1, 0.15) is 0 Å². The zero-order chi connectivity index (χ0) is 7.94. The predicted octanol–water partition coefficient (Wildman–Crippen LogP) is 2.40. The molecule has 0 aliphatic heterocycles. The van der Waals surface area contributed by atoms with Gasteiger partial charge >= 0.3 is 0 Å². The Kier molecular flexibility index (Phi) is 4.96. The van der Waals surface area contributed by atoms with Gasteiger partial charge in [-0.3, -0.25) is 0 Å². The van der Waals surface area contributed by atoms with Gasteiger partial charge in [0.2, 0.25) is 0 Å². The van der Waals surface area contributed by atoms with Crippen molar-refractivity contribution in [3.05, 3.63) is 0 Å². The maximum atomic E-state index is 5.53. The molecule has 1 aliphatic rings. The molecule has 0 aromatic carbocycles. The van der Waals surface area contributed by atoms with Gasteiger partial charge in [-0.15, -0.1) is 11.6 Å². The van der Waals surface area contributed by atoms with Crippen LogP contribution in [-0.4, -0.2) is 19.0 Å². The van der Waals surface area contributed by atoms with Crippen LogP contribution in [0.2, 0.25) is 0 Å². The van der Waals surface area contributed by atoms with Crippen molar-refractivity contribution in [3.63, 3.8) is 0 Å². The van der Waals surface area contributed by atoms with Crippen LogP contribution in [0.25, 0.3) is 0 Å². The van der Waals surface area contributed by atoms with Crippen LogP contribution in [-0.2, 0) is 0 Å². The molecule has 0 spiro atoms. The van der Waals surface area contributed by atoms with E-state index in [4.69, 9.17) is 11.6 Å². The van der Waals surface area contributed by atoms with E-state index in [0.717, 1.165) is 24.9 Å². The molecule has 0 aromatic heterocycles. The first kappa shape index (κ1) is 9.34. The average molecular weight is 176 g/mol. The zero-order valence-electron chi connectivity index (χ0n) is 7.11. The van der Waals surface area contributed by atoms with Crippen molar-refractivity contribution >= 4 is 11.6 Å². The van der Waals surface area contributed by atoms with E-state index in [1.54, 1.807) is 0 Å². The third kappa shape index (κ3) is 3.97. The third-order valence-electron chi connectivity index (χ3n) is 2.48. The van der Waals surface area contributed by atoms with Gasteiger partial charge in [0, 0.05) is 12.4 Å². The van der Waals surface area contributed by atoms with Gasteiger partial charge in [-0.05, 0) is 18.9 Å². The molecule has 66 valence electrons. The van der Waals surface area contributed by atoms with E-state index in [9.17, 15) is 0 Å². The summed E-state index contributed by atoms with van der Waals surface area (Å²) in [6.07, 6.45) is 7.20. The number of halogens is 1. The monoisotopic (exact) mass is 175 g/mol. The minimum absolute atomic E-state index is 0.741. The normalized spacial score (nSPS) is 19.4. The minimum atomic E-state index is 0.741. The molecular weight excluding hydrogens is 158 g/mol. The number of hydrogen-bond donors (Lipinski definition) is 1. The molecule has 11 heavy (non-hydrogen) atoms. The van der Waals surface area contributed by atoms with E-state index < -0.39 is 0 Å². The number of hydrogen-bond acceptors (Lipinski definition) is 1. The van der Waals surface area contributed by atoms with Crippen LogP contribution in [0.4, 0.5) is 0 Å². The van der Waals surface area contributed by atoms with Crippen molar-refractivity contribution in [1.29, 1.82) is 0 Å². The van der Waals surface area contributed by atoms with Crippen molar-refractivity contribution in [3.8, 4) is 0 Å². The summed E-state index contributed by atoms with van der Waals surface area (Å²) < 4.78 is 0. The van der Waals surface area contributed by atoms with Crippen molar-refractivity contribution in [1.82, 2.24) is 5.32 Å². The highest BCUT2D eigenvalue weighted by atomic mass is 35.5. The van der Waals surface area contributed by atoms with Gasteiger partial charge in [0.15, 0.2) is 0 Å². The van der Waals surface area contributed by atoms with E-state index in [0.29, 0.717) is 0 Å². The Morgan fingerprint density at radius 2 is 1.91 bits per heavy atom. The SMILES string of the molecule is ClCCNCCC1CCCC1. The molecule has 0 bridgehead atoms. The van der Waals surface area contributed by atoms with E-state index in [1.807, 2.05) is 0 Å². The van der Waals surface area contributed by atoms with Gasteiger partial charge in [0.05, 0.1) is 0 Å². The first-order chi connectivity index (χ1) is 5.43. The summed E-state index contributed by atoms with van der Waals surface area (Å²) in [7, 11) is 0. The fraction of sp³-hybridized carbons (Fsp3) is 1.00. The molecule has 0 heterocycles. The van der Waals surface area contributed by atoms with Crippen LogP contribution < -0.4 is 5.32 Å². The fourth-order valence-electron chi connectivity index (χ4n) is 1.80. The molecule has 1 saturated carbocycles. The van der Waals surface area contributed by atoms with Crippen LogP contribution in [0.1, 0.15) is 32.1 Å². The lowest BCUT2D eigenvalue weighted by atomic mass is 10.0. The lowest BCUT2D eigenvalue weighted by Gasteiger charge is -2.08. The van der Waals surface area contributed by atoms with E-state index in [1.165, 1.54) is 32.1 Å². The summed E-state index contributed by atoms with van der Waals surface area (Å²) in [5.41, 5.74) is 0. The Morgan fingerprint density at radius 1 is 1.18 bits per heavy atom. The maximum Gasteiger partial charge on any atom is 0.0348 e. The van der Waals surface area contributed by atoms with Crippen LogP contribution in [0.15, 0.2) is 0 Å². The Hall–Kier alpha value is 0.250. The summed E-state index contributed by atoms with van der Waals surface area (Å²) in [5, 5.41) is 3.33. The molecule has 2 heteroatoms. The molecule has 0 atom stereocenters. The number of nitrogens with one attached hydrogen (secondary N) is 1. The largest absolute Gasteiger partial charge is 0.316 e. The Bertz CT molecular complexity index is 89.6. The third-order valence-corrected chi connectivity index (χ3v) is 2.66. The standard InChI is InChI=1S/C9H18ClN/c10-6-8-11-7-5-9-3-1-2-4-9/h9,11H,1-8H2. The summed E-state index contributed by atoms with van der Waals surface area (Å²) in [6.45, 7) is 2.13. The molecule has 1 nitrogen and oxygen atoms in total. The Labute approximate surface area is 74.5 Å². The molecule has 0 unspecified atom stereocenters. The second-order valence-electron chi connectivity index (χ2n) is 3.38. The van der Waals surface area contributed by atoms with Crippen molar-refractivity contribution < 1.29 is 0 Å². The van der Waals surface area contributed by atoms with Crippen LogP contribution >= 0.6 is 11.6 Å². The Morgan fingerprint density at radius 3 is 2.55 bits per heavy atom. The topological polar surface area (TPSA) is 12.0 Å². The summed E-state index contributed by atoms with van der Waals surface area (Å²) in [4.78, 5) is 0. The molecule has 0 radical (unpaired) electrons. The van der Waals surface area contributed by atoms with Crippen LogP contribution in [0.5, 0.6) is 0 Å². The van der Waals surface area contributed by atoms with Gasteiger partial charge in [0.25, 0.3) is 0 Å². The highest BCUT2D eigenvalue weighted by molar-refractivity contribution is 6.18. The number of rotatable bonds is 5. The second kappa shape index (κ2) is 5.84. The molecule has 0 saturated heterocycles. The first-order valence-electron chi connectivity index (χ1n) is 4.70. The van der Waals surface area contributed by atoms with Crippen molar-refractivity contribution in [2.45, 2.75) is 32.1 Å². The Balaban J connectivity index is 1.86. The summed E-state index contributed by atoms with van der Waals surface area (Å²) in [6, 6.07) is 0. The van der Waals surface area contributed by atoms with Gasteiger partial charge in [-0.1, -0.05) is 25.7 Å². The molecule has 1 fully saturated rings. The molecule has 1 rings (SSSR count).